The van der Waals surface area contributed by atoms with E-state index in [0.717, 1.165) is 33.8 Å². The third kappa shape index (κ3) is 3.17. The van der Waals surface area contributed by atoms with Gasteiger partial charge in [-0.3, -0.25) is 9.59 Å². The highest BCUT2D eigenvalue weighted by molar-refractivity contribution is 6.12. The van der Waals surface area contributed by atoms with Crippen molar-refractivity contribution < 1.29 is 14.0 Å². The molecule has 7 heteroatoms. The van der Waals surface area contributed by atoms with E-state index in [-0.39, 0.29) is 23.8 Å². The molecule has 0 fully saturated rings. The summed E-state index contributed by atoms with van der Waals surface area (Å²) in [7, 11) is 1.87. The molecule has 34 heavy (non-hydrogen) atoms. The fourth-order valence-corrected chi connectivity index (χ4v) is 5.19. The van der Waals surface area contributed by atoms with Crippen LogP contribution in [0.25, 0.3) is 0 Å². The van der Waals surface area contributed by atoms with Crippen LogP contribution in [-0.2, 0) is 10.2 Å². The van der Waals surface area contributed by atoms with E-state index in [9.17, 15) is 14.0 Å². The number of anilines is 2. The summed E-state index contributed by atoms with van der Waals surface area (Å²) in [6, 6.07) is 4.97. The van der Waals surface area contributed by atoms with Crippen molar-refractivity contribution in [3.8, 4) is 11.8 Å². The predicted octanol–water partition coefficient (Wildman–Crippen LogP) is 4.01. The van der Waals surface area contributed by atoms with Crippen molar-refractivity contribution in [2.45, 2.75) is 50.7 Å². The quantitative estimate of drug-likeness (QED) is 0.511. The monoisotopic (exact) mass is 458 g/mol. The van der Waals surface area contributed by atoms with Gasteiger partial charge in [-0.2, -0.15) is 0 Å². The van der Waals surface area contributed by atoms with Crippen molar-refractivity contribution in [3.05, 3.63) is 70.1 Å². The van der Waals surface area contributed by atoms with Gasteiger partial charge in [-0.25, -0.2) is 4.39 Å². The van der Waals surface area contributed by atoms with Gasteiger partial charge in [0.05, 0.1) is 17.6 Å². The summed E-state index contributed by atoms with van der Waals surface area (Å²) in [4.78, 5) is 29.7. The molecular formula is C27H27FN4O2. The minimum Gasteiger partial charge on any atom is -0.386 e. The van der Waals surface area contributed by atoms with Crippen LogP contribution in [0.2, 0.25) is 0 Å². The second-order valence-electron chi connectivity index (χ2n) is 9.15. The molecular weight excluding hydrogens is 431 g/mol. The molecule has 4 unspecified atom stereocenters. The van der Waals surface area contributed by atoms with Gasteiger partial charge in [0.2, 0.25) is 5.91 Å². The average molecular weight is 459 g/mol. The maximum Gasteiger partial charge on any atom is 0.251 e. The molecule has 1 aliphatic heterocycles. The molecule has 174 valence electrons. The zero-order chi connectivity index (χ0) is 24.2. The zero-order valence-electron chi connectivity index (χ0n) is 19.6. The van der Waals surface area contributed by atoms with Gasteiger partial charge in [0.1, 0.15) is 6.17 Å². The van der Waals surface area contributed by atoms with Crippen LogP contribution in [0, 0.1) is 25.7 Å². The smallest absolute Gasteiger partial charge is 0.251 e. The number of aromatic nitrogens is 1. The maximum atomic E-state index is 13.4. The van der Waals surface area contributed by atoms with Gasteiger partial charge < -0.3 is 20.9 Å². The number of benzene rings is 1. The summed E-state index contributed by atoms with van der Waals surface area (Å²) in [5.41, 5.74) is 5.63. The normalized spacial score (nSPS) is 25.0. The summed E-state index contributed by atoms with van der Waals surface area (Å²) in [6.07, 6.45) is 4.37. The molecule has 0 saturated carbocycles. The highest BCUT2D eigenvalue weighted by Crippen LogP contribution is 2.52. The van der Waals surface area contributed by atoms with Gasteiger partial charge >= 0.3 is 0 Å². The highest BCUT2D eigenvalue weighted by Gasteiger charge is 2.56. The van der Waals surface area contributed by atoms with Crippen LogP contribution in [0.15, 0.2) is 42.0 Å². The molecule has 2 heterocycles. The number of hydrogen-bond donors (Lipinski definition) is 4. The number of aromatic amines is 1. The maximum absolute atomic E-state index is 13.4. The first-order valence-electron chi connectivity index (χ1n) is 11.4. The van der Waals surface area contributed by atoms with E-state index in [4.69, 9.17) is 0 Å². The van der Waals surface area contributed by atoms with Crippen LogP contribution in [0.3, 0.4) is 0 Å². The van der Waals surface area contributed by atoms with Crippen LogP contribution in [0.4, 0.5) is 15.8 Å². The molecule has 2 amide bonds. The van der Waals surface area contributed by atoms with Gasteiger partial charge in [0, 0.05) is 41.7 Å². The molecule has 2 aromatic rings. The number of carbonyl (C=O) groups excluding carboxylic acids is 2. The molecule has 1 aromatic heterocycles. The lowest BCUT2D eigenvalue weighted by Crippen LogP contribution is -2.44. The largest absolute Gasteiger partial charge is 0.386 e. The van der Waals surface area contributed by atoms with Crippen LogP contribution >= 0.6 is 0 Å². The van der Waals surface area contributed by atoms with Gasteiger partial charge in [-0.05, 0) is 50.1 Å². The molecule has 4 atom stereocenters. The van der Waals surface area contributed by atoms with Crippen LogP contribution in [-0.4, -0.2) is 36.1 Å². The molecule has 4 N–H and O–H groups in total. The highest BCUT2D eigenvalue weighted by atomic mass is 19.1. The Morgan fingerprint density at radius 2 is 2.12 bits per heavy atom. The van der Waals surface area contributed by atoms with Crippen molar-refractivity contribution in [2.75, 3.05) is 17.7 Å². The van der Waals surface area contributed by atoms with E-state index < -0.39 is 11.6 Å². The Kier molecular flexibility index (Phi) is 5.12. The first-order valence-corrected chi connectivity index (χ1v) is 11.4. The van der Waals surface area contributed by atoms with Crippen molar-refractivity contribution >= 4 is 23.2 Å². The number of carbonyl (C=O) groups is 2. The number of aryl methyl sites for hydroxylation is 1. The second kappa shape index (κ2) is 7.91. The first kappa shape index (κ1) is 22.0. The van der Waals surface area contributed by atoms with Crippen LogP contribution in [0.5, 0.6) is 0 Å². The zero-order valence-corrected chi connectivity index (χ0v) is 19.6. The van der Waals surface area contributed by atoms with Crippen molar-refractivity contribution in [1.82, 2.24) is 10.3 Å². The summed E-state index contributed by atoms with van der Waals surface area (Å²) >= 11 is 0. The van der Waals surface area contributed by atoms with E-state index in [1.54, 1.807) is 24.3 Å². The van der Waals surface area contributed by atoms with E-state index in [2.05, 4.69) is 32.8 Å². The number of amides is 2. The van der Waals surface area contributed by atoms with E-state index >= 15 is 0 Å². The Morgan fingerprint density at radius 1 is 1.32 bits per heavy atom. The molecule has 3 aliphatic rings. The summed E-state index contributed by atoms with van der Waals surface area (Å²) < 4.78 is 13.4. The fraction of sp³-hybridized carbons (Fsp3) is 0.333. The number of fused-ring (bicyclic) bond motifs is 2. The topological polar surface area (TPSA) is 86.0 Å². The number of halogens is 1. The van der Waals surface area contributed by atoms with Crippen molar-refractivity contribution in [1.29, 1.82) is 0 Å². The fourth-order valence-electron chi connectivity index (χ4n) is 5.19. The average Bonchev–Trinajstić information content (AvgIpc) is 3.25. The van der Waals surface area contributed by atoms with Crippen molar-refractivity contribution in [2.24, 2.45) is 0 Å². The number of hydrogen-bond acceptors (Lipinski definition) is 3. The van der Waals surface area contributed by atoms with Crippen molar-refractivity contribution in [3.63, 3.8) is 0 Å². The van der Waals surface area contributed by atoms with Gasteiger partial charge in [-0.1, -0.05) is 30.1 Å². The van der Waals surface area contributed by atoms with Gasteiger partial charge in [0.15, 0.2) is 5.41 Å². The molecule has 0 bridgehead atoms. The molecule has 6 nitrogen and oxygen atoms in total. The molecule has 0 radical (unpaired) electrons. The Bertz CT molecular complexity index is 1340. The van der Waals surface area contributed by atoms with Gasteiger partial charge in [0.25, 0.3) is 5.91 Å². The predicted molar refractivity (Wildman–Crippen MR) is 131 cm³/mol. The number of allylic oxidation sites excluding steroid dienone is 2. The van der Waals surface area contributed by atoms with Gasteiger partial charge in [-0.15, -0.1) is 0 Å². The SMILES string of the molecule is CNc1c(C)[nH]c(C2C#CC23C(=O)Nc2ccc(C(=O)NC(C)C4=CCC(F)C=C4)cc23)c1C. The summed E-state index contributed by atoms with van der Waals surface area (Å²) in [5, 5.41) is 9.14. The number of alkyl halides is 1. The van der Waals surface area contributed by atoms with Crippen LogP contribution < -0.4 is 16.0 Å². The minimum absolute atomic E-state index is 0.173. The standard InChI is InChI=1S/C27H27FN4O2/c1-14-23(29-4)16(3)30-24(14)20-11-12-27(20)21-13-18(7-10-22(21)32-26(27)34)25(33)31-15(2)17-5-8-19(28)9-6-17/h5-8,10,13,15,19-20,29-30H,9H2,1-4H3,(H,31,33)(H,32,34). The number of rotatable bonds is 5. The van der Waals surface area contributed by atoms with Crippen LogP contribution in [0.1, 0.15) is 52.1 Å². The third-order valence-electron chi connectivity index (χ3n) is 7.10. The molecule has 1 spiro atoms. The molecule has 2 aliphatic carbocycles. The summed E-state index contributed by atoms with van der Waals surface area (Å²) in [6.45, 7) is 5.87. The Hall–Kier alpha value is -3.79. The van der Waals surface area contributed by atoms with E-state index in [1.165, 1.54) is 6.08 Å². The first-order chi connectivity index (χ1) is 16.3. The lowest BCUT2D eigenvalue weighted by atomic mass is 9.64. The molecule has 1 aromatic carbocycles. The Labute approximate surface area is 198 Å². The second-order valence-corrected chi connectivity index (χ2v) is 9.15. The lowest BCUT2D eigenvalue weighted by molar-refractivity contribution is -0.119. The van der Waals surface area contributed by atoms with E-state index in [0.29, 0.717) is 17.7 Å². The molecule has 5 rings (SSSR count). The Morgan fingerprint density at radius 3 is 2.74 bits per heavy atom. The summed E-state index contributed by atoms with van der Waals surface area (Å²) in [5.74, 6) is 5.54. The van der Waals surface area contributed by atoms with E-state index in [1.807, 2.05) is 33.9 Å². The lowest BCUT2D eigenvalue weighted by Gasteiger charge is -2.34. The minimum atomic E-state index is -1.03. The number of H-pyrrole nitrogens is 1. The third-order valence-corrected chi connectivity index (χ3v) is 7.10. The number of nitrogens with one attached hydrogen (secondary N) is 4. The Balaban J connectivity index is 1.45. The molecule has 0 saturated heterocycles.